The van der Waals surface area contributed by atoms with Crippen LogP contribution in [0.2, 0.25) is 5.02 Å². The van der Waals surface area contributed by atoms with E-state index in [9.17, 15) is 13.2 Å². The van der Waals surface area contributed by atoms with Crippen LogP contribution in [0.3, 0.4) is 0 Å². The summed E-state index contributed by atoms with van der Waals surface area (Å²) >= 11 is 5.97. The Morgan fingerprint density at radius 3 is 2.74 bits per heavy atom. The average molecular weight is 297 g/mol. The Balaban J connectivity index is 2.17. The first-order valence-electron chi connectivity index (χ1n) is 5.50. The van der Waals surface area contributed by atoms with Crippen molar-refractivity contribution in [2.75, 3.05) is 19.9 Å². The molecule has 0 bridgehead atoms. The lowest BCUT2D eigenvalue weighted by atomic mass is 10.1. The fraction of sp³-hybridized carbons (Fsp3) is 0.455. The van der Waals surface area contributed by atoms with E-state index in [0.29, 0.717) is 17.1 Å². The van der Waals surface area contributed by atoms with Crippen LogP contribution >= 0.6 is 11.6 Å². The van der Waals surface area contributed by atoms with Gasteiger partial charge >= 0.3 is 6.18 Å². The molecule has 0 fully saturated rings. The molecule has 0 amide bonds. The number of nitrogens with two attached hydrogens (primary N) is 1. The smallest absolute Gasteiger partial charge is 0.401 e. The minimum absolute atomic E-state index is 0.00600. The number of fused-ring (bicyclic) bond motifs is 1. The molecule has 0 radical (unpaired) electrons. The molecule has 0 saturated heterocycles. The average Bonchev–Trinajstić information content (AvgIpc) is 2.77. The molecule has 1 heterocycles. The van der Waals surface area contributed by atoms with Crippen LogP contribution in [0.15, 0.2) is 12.1 Å². The van der Waals surface area contributed by atoms with E-state index < -0.39 is 18.8 Å². The summed E-state index contributed by atoms with van der Waals surface area (Å²) in [6.07, 6.45) is -4.30. The number of hydrogen-bond donors (Lipinski definition) is 2. The third kappa shape index (κ3) is 3.43. The Hall–Kier alpha value is -1.18. The molecule has 1 aromatic rings. The van der Waals surface area contributed by atoms with E-state index in [-0.39, 0.29) is 18.4 Å². The van der Waals surface area contributed by atoms with Crippen molar-refractivity contribution in [2.24, 2.45) is 5.73 Å². The Kier molecular flexibility index (Phi) is 4.07. The Bertz CT molecular complexity index is 468. The zero-order valence-corrected chi connectivity index (χ0v) is 10.5. The largest absolute Gasteiger partial charge is 0.454 e. The van der Waals surface area contributed by atoms with Gasteiger partial charge < -0.3 is 20.5 Å². The van der Waals surface area contributed by atoms with Crippen LogP contribution < -0.4 is 20.5 Å². The van der Waals surface area contributed by atoms with Crippen molar-refractivity contribution in [1.82, 2.24) is 5.32 Å². The third-order valence-corrected chi connectivity index (χ3v) is 2.92. The predicted molar refractivity (Wildman–Crippen MR) is 63.4 cm³/mol. The van der Waals surface area contributed by atoms with Crippen molar-refractivity contribution in [3.05, 3.63) is 22.7 Å². The quantitative estimate of drug-likeness (QED) is 0.894. The highest BCUT2D eigenvalue weighted by atomic mass is 35.5. The Labute approximate surface area is 112 Å². The molecule has 8 heteroatoms. The summed E-state index contributed by atoms with van der Waals surface area (Å²) in [5.41, 5.74) is 6.01. The highest BCUT2D eigenvalue weighted by Crippen LogP contribution is 2.41. The van der Waals surface area contributed by atoms with Crippen LogP contribution in [0.5, 0.6) is 11.5 Å². The molecule has 1 aliphatic heterocycles. The van der Waals surface area contributed by atoms with Crippen molar-refractivity contribution in [3.8, 4) is 11.5 Å². The van der Waals surface area contributed by atoms with Crippen molar-refractivity contribution >= 4 is 11.6 Å². The first kappa shape index (κ1) is 14.2. The van der Waals surface area contributed by atoms with Gasteiger partial charge in [-0.25, -0.2) is 0 Å². The van der Waals surface area contributed by atoms with Gasteiger partial charge in [-0.05, 0) is 17.7 Å². The molecule has 0 spiro atoms. The van der Waals surface area contributed by atoms with Crippen LogP contribution in [0.25, 0.3) is 0 Å². The number of hydrogen-bond acceptors (Lipinski definition) is 4. The van der Waals surface area contributed by atoms with Crippen molar-refractivity contribution in [1.29, 1.82) is 0 Å². The highest BCUT2D eigenvalue weighted by molar-refractivity contribution is 6.32. The minimum atomic E-state index is -4.30. The summed E-state index contributed by atoms with van der Waals surface area (Å²) < 4.78 is 46.9. The fourth-order valence-corrected chi connectivity index (χ4v) is 2.04. The maximum atomic E-state index is 12.2. The Morgan fingerprint density at radius 2 is 2.11 bits per heavy atom. The SMILES string of the molecule is NCC(NCC(F)(F)F)c1cc(Cl)c2c(c1)OCO2. The molecule has 0 aromatic heterocycles. The molecule has 1 unspecified atom stereocenters. The molecule has 1 atom stereocenters. The topological polar surface area (TPSA) is 56.5 Å². The molecule has 19 heavy (non-hydrogen) atoms. The van der Waals surface area contributed by atoms with Crippen molar-refractivity contribution in [2.45, 2.75) is 12.2 Å². The first-order chi connectivity index (χ1) is 8.90. The van der Waals surface area contributed by atoms with E-state index in [0.717, 1.165) is 0 Å². The minimum Gasteiger partial charge on any atom is -0.454 e. The number of nitrogens with one attached hydrogen (secondary N) is 1. The summed E-state index contributed by atoms with van der Waals surface area (Å²) in [7, 11) is 0. The number of rotatable bonds is 4. The van der Waals surface area contributed by atoms with Crippen molar-refractivity contribution in [3.63, 3.8) is 0 Å². The van der Waals surface area contributed by atoms with Gasteiger partial charge in [0.15, 0.2) is 11.5 Å². The number of alkyl halides is 3. The van der Waals surface area contributed by atoms with Gasteiger partial charge in [0.05, 0.1) is 11.6 Å². The van der Waals surface area contributed by atoms with Crippen LogP contribution in [-0.4, -0.2) is 26.1 Å². The number of halogens is 4. The van der Waals surface area contributed by atoms with Gasteiger partial charge in [0.1, 0.15) is 0 Å². The van der Waals surface area contributed by atoms with Gasteiger partial charge in [0.25, 0.3) is 0 Å². The number of benzene rings is 1. The van der Waals surface area contributed by atoms with Gasteiger partial charge in [-0.1, -0.05) is 11.6 Å². The lowest BCUT2D eigenvalue weighted by Gasteiger charge is -2.19. The molecule has 0 aliphatic carbocycles. The second-order valence-corrected chi connectivity index (χ2v) is 4.43. The van der Waals surface area contributed by atoms with Crippen molar-refractivity contribution < 1.29 is 22.6 Å². The molecular weight excluding hydrogens is 285 g/mol. The van der Waals surface area contributed by atoms with E-state index in [1.807, 2.05) is 0 Å². The molecule has 1 aliphatic rings. The molecule has 106 valence electrons. The van der Waals surface area contributed by atoms with Gasteiger partial charge in [0, 0.05) is 12.6 Å². The fourth-order valence-electron chi connectivity index (χ4n) is 1.76. The standard InChI is InChI=1S/C11H12ClF3N2O2/c12-7-1-6(2-9-10(7)19-5-18-9)8(3-16)17-4-11(13,14)15/h1-2,8,17H,3-5,16H2. The van der Waals surface area contributed by atoms with E-state index in [4.69, 9.17) is 26.8 Å². The second kappa shape index (κ2) is 5.44. The van der Waals surface area contributed by atoms with Gasteiger partial charge in [-0.3, -0.25) is 0 Å². The second-order valence-electron chi connectivity index (χ2n) is 4.02. The summed E-state index contributed by atoms with van der Waals surface area (Å²) in [6, 6.07) is 2.44. The molecule has 0 saturated carbocycles. The summed E-state index contributed by atoms with van der Waals surface area (Å²) in [5.74, 6) is 0.812. The monoisotopic (exact) mass is 296 g/mol. The number of ether oxygens (including phenoxy) is 2. The van der Waals surface area contributed by atoms with E-state index in [1.165, 1.54) is 6.07 Å². The van der Waals surface area contributed by atoms with Crippen LogP contribution in [-0.2, 0) is 0 Å². The zero-order chi connectivity index (χ0) is 14.0. The lowest BCUT2D eigenvalue weighted by Crippen LogP contribution is -2.35. The summed E-state index contributed by atoms with van der Waals surface area (Å²) in [6.45, 7) is -1.07. The molecule has 3 N–H and O–H groups in total. The normalized spacial score (nSPS) is 15.6. The van der Waals surface area contributed by atoms with E-state index in [1.54, 1.807) is 6.07 Å². The summed E-state index contributed by atoms with van der Waals surface area (Å²) in [5, 5.41) is 2.63. The van der Waals surface area contributed by atoms with Crippen LogP contribution in [0.1, 0.15) is 11.6 Å². The summed E-state index contributed by atoms with van der Waals surface area (Å²) in [4.78, 5) is 0. The third-order valence-electron chi connectivity index (χ3n) is 2.64. The predicted octanol–water partition coefficient (Wildman–Crippen LogP) is 2.22. The molecular formula is C11H12ClF3N2O2. The van der Waals surface area contributed by atoms with Gasteiger partial charge in [-0.15, -0.1) is 0 Å². The first-order valence-corrected chi connectivity index (χ1v) is 5.88. The van der Waals surface area contributed by atoms with E-state index in [2.05, 4.69) is 5.32 Å². The van der Waals surface area contributed by atoms with Crippen LogP contribution in [0, 0.1) is 0 Å². The van der Waals surface area contributed by atoms with Crippen LogP contribution in [0.4, 0.5) is 13.2 Å². The molecule has 1 aromatic carbocycles. The molecule has 2 rings (SSSR count). The van der Waals surface area contributed by atoms with Gasteiger partial charge in [-0.2, -0.15) is 13.2 Å². The zero-order valence-electron chi connectivity index (χ0n) is 9.76. The maximum absolute atomic E-state index is 12.2. The lowest BCUT2D eigenvalue weighted by molar-refractivity contribution is -0.126. The molecule has 4 nitrogen and oxygen atoms in total. The maximum Gasteiger partial charge on any atom is 0.401 e. The Morgan fingerprint density at radius 1 is 1.37 bits per heavy atom. The highest BCUT2D eigenvalue weighted by Gasteiger charge is 2.29. The van der Waals surface area contributed by atoms with Gasteiger partial charge in [0.2, 0.25) is 6.79 Å². The van der Waals surface area contributed by atoms with E-state index >= 15 is 0 Å².